The van der Waals surface area contributed by atoms with Gasteiger partial charge in [0, 0.05) is 6.54 Å². The highest BCUT2D eigenvalue weighted by molar-refractivity contribution is 7.10. The van der Waals surface area contributed by atoms with E-state index in [1.807, 2.05) is 6.92 Å². The molecule has 0 amide bonds. The van der Waals surface area contributed by atoms with Gasteiger partial charge in [0.1, 0.15) is 16.6 Å². The molecule has 1 fully saturated rings. The van der Waals surface area contributed by atoms with E-state index in [9.17, 15) is 0 Å². The molecule has 4 heteroatoms. The van der Waals surface area contributed by atoms with Crippen molar-refractivity contribution < 1.29 is 0 Å². The third-order valence-corrected chi connectivity index (χ3v) is 4.36. The number of aryl methyl sites for hydroxylation is 1. The van der Waals surface area contributed by atoms with Gasteiger partial charge in [-0.1, -0.05) is 19.8 Å². The summed E-state index contributed by atoms with van der Waals surface area (Å²) in [4.78, 5) is 0. The van der Waals surface area contributed by atoms with Crippen molar-refractivity contribution in [1.29, 1.82) is 5.26 Å². The molecule has 0 aliphatic heterocycles. The highest BCUT2D eigenvalue weighted by atomic mass is 32.1. The van der Waals surface area contributed by atoms with Crippen molar-refractivity contribution in [1.82, 2.24) is 4.37 Å². The molecular weight excluding hydrogens is 218 g/mol. The average molecular weight is 235 g/mol. The van der Waals surface area contributed by atoms with E-state index < -0.39 is 0 Å². The Morgan fingerprint density at radius 1 is 1.50 bits per heavy atom. The summed E-state index contributed by atoms with van der Waals surface area (Å²) in [7, 11) is 0. The highest BCUT2D eigenvalue weighted by Gasteiger charge is 2.28. The van der Waals surface area contributed by atoms with Crippen molar-refractivity contribution >= 4 is 16.5 Å². The Balaban J connectivity index is 2.02. The molecule has 16 heavy (non-hydrogen) atoms. The van der Waals surface area contributed by atoms with Gasteiger partial charge in [-0.3, -0.25) is 0 Å². The van der Waals surface area contributed by atoms with Crippen LogP contribution < -0.4 is 5.32 Å². The molecule has 1 saturated carbocycles. The van der Waals surface area contributed by atoms with Gasteiger partial charge in [0.05, 0.1) is 5.69 Å². The molecule has 1 N–H and O–H groups in total. The molecule has 0 atom stereocenters. The number of rotatable bonds is 3. The molecule has 0 saturated heterocycles. The molecule has 1 heterocycles. The molecule has 0 radical (unpaired) electrons. The zero-order valence-electron chi connectivity index (χ0n) is 9.84. The maximum atomic E-state index is 9.02. The summed E-state index contributed by atoms with van der Waals surface area (Å²) in [5.41, 5.74) is 1.96. The number of aromatic nitrogens is 1. The number of hydrogen-bond donors (Lipinski definition) is 1. The minimum Gasteiger partial charge on any atom is -0.374 e. The molecule has 0 spiro atoms. The number of anilines is 1. The number of nitriles is 1. The van der Waals surface area contributed by atoms with Gasteiger partial charge in [-0.25, -0.2) is 0 Å². The van der Waals surface area contributed by atoms with E-state index in [-0.39, 0.29) is 0 Å². The Hall–Kier alpha value is -1.08. The monoisotopic (exact) mass is 235 g/mol. The van der Waals surface area contributed by atoms with Gasteiger partial charge in [-0.2, -0.15) is 9.64 Å². The van der Waals surface area contributed by atoms with Crippen molar-refractivity contribution in [3.05, 3.63) is 11.3 Å². The van der Waals surface area contributed by atoms with E-state index in [4.69, 9.17) is 5.26 Å². The average Bonchev–Trinajstić information content (AvgIpc) is 2.83. The van der Waals surface area contributed by atoms with Crippen LogP contribution in [0.15, 0.2) is 0 Å². The Morgan fingerprint density at radius 3 is 2.81 bits per heavy atom. The molecule has 1 aliphatic carbocycles. The maximum absolute atomic E-state index is 9.02. The lowest BCUT2D eigenvalue weighted by Gasteiger charge is -2.23. The maximum Gasteiger partial charge on any atom is 0.127 e. The van der Waals surface area contributed by atoms with Crippen LogP contribution in [0.5, 0.6) is 0 Å². The van der Waals surface area contributed by atoms with Crippen molar-refractivity contribution in [2.45, 2.75) is 39.5 Å². The van der Waals surface area contributed by atoms with Gasteiger partial charge in [-0.15, -0.1) is 0 Å². The van der Waals surface area contributed by atoms with E-state index in [1.165, 1.54) is 37.2 Å². The summed E-state index contributed by atoms with van der Waals surface area (Å²) in [5.74, 6) is 0. The van der Waals surface area contributed by atoms with E-state index in [0.717, 1.165) is 17.2 Å². The lowest BCUT2D eigenvalue weighted by Crippen LogP contribution is -2.22. The van der Waals surface area contributed by atoms with Crippen LogP contribution in [0.4, 0.5) is 5.00 Å². The zero-order valence-corrected chi connectivity index (χ0v) is 10.7. The fourth-order valence-corrected chi connectivity index (χ4v) is 3.06. The molecule has 2 rings (SSSR count). The molecule has 1 aromatic rings. The molecule has 0 unspecified atom stereocenters. The second kappa shape index (κ2) is 4.42. The van der Waals surface area contributed by atoms with Crippen LogP contribution in [0.1, 0.15) is 43.9 Å². The van der Waals surface area contributed by atoms with Crippen molar-refractivity contribution in [3.63, 3.8) is 0 Å². The molecule has 86 valence electrons. The first-order chi connectivity index (χ1) is 7.64. The first kappa shape index (κ1) is 11.4. The van der Waals surface area contributed by atoms with Gasteiger partial charge in [-0.05, 0) is 36.7 Å². The minimum atomic E-state index is 0.407. The van der Waals surface area contributed by atoms with E-state index >= 15 is 0 Å². The lowest BCUT2D eigenvalue weighted by atomic mass is 9.89. The first-order valence-electron chi connectivity index (χ1n) is 5.75. The van der Waals surface area contributed by atoms with E-state index in [1.54, 1.807) is 0 Å². The zero-order chi connectivity index (χ0) is 11.6. The predicted molar refractivity (Wildman–Crippen MR) is 66.6 cm³/mol. The van der Waals surface area contributed by atoms with Crippen LogP contribution in [0, 0.1) is 23.7 Å². The van der Waals surface area contributed by atoms with Crippen LogP contribution in [0.3, 0.4) is 0 Å². The van der Waals surface area contributed by atoms with Gasteiger partial charge in [0.2, 0.25) is 0 Å². The summed E-state index contributed by atoms with van der Waals surface area (Å²) in [6.07, 6.45) is 5.26. The highest BCUT2D eigenvalue weighted by Crippen LogP contribution is 2.38. The standard InChI is InChI=1S/C12H17N3S/c1-9-10(7-13)11(16-15-9)14-8-12(2)5-3-4-6-12/h14H,3-6,8H2,1-2H3. The van der Waals surface area contributed by atoms with E-state index in [2.05, 4.69) is 22.7 Å². The third-order valence-electron chi connectivity index (χ3n) is 3.46. The summed E-state index contributed by atoms with van der Waals surface area (Å²) in [6, 6.07) is 2.22. The fourth-order valence-electron chi connectivity index (χ4n) is 2.32. The fraction of sp³-hybridized carbons (Fsp3) is 0.667. The molecule has 1 aromatic heterocycles. The van der Waals surface area contributed by atoms with Crippen LogP contribution >= 0.6 is 11.5 Å². The minimum absolute atomic E-state index is 0.407. The Kier molecular flexibility index (Phi) is 3.15. The summed E-state index contributed by atoms with van der Waals surface area (Å²) >= 11 is 1.40. The second-order valence-corrected chi connectivity index (χ2v) is 5.73. The van der Waals surface area contributed by atoms with Crippen LogP contribution in [-0.4, -0.2) is 10.9 Å². The van der Waals surface area contributed by atoms with Crippen molar-refractivity contribution in [3.8, 4) is 6.07 Å². The van der Waals surface area contributed by atoms with Crippen LogP contribution in [0.2, 0.25) is 0 Å². The Labute approximate surface area is 101 Å². The smallest absolute Gasteiger partial charge is 0.127 e. The van der Waals surface area contributed by atoms with Gasteiger partial charge in [0.15, 0.2) is 0 Å². The largest absolute Gasteiger partial charge is 0.374 e. The second-order valence-electron chi connectivity index (χ2n) is 4.96. The van der Waals surface area contributed by atoms with Gasteiger partial charge < -0.3 is 5.32 Å². The van der Waals surface area contributed by atoms with Crippen LogP contribution in [0.25, 0.3) is 0 Å². The Bertz CT molecular complexity index is 410. The molecular formula is C12H17N3S. The summed E-state index contributed by atoms with van der Waals surface area (Å²) in [5, 5.41) is 13.4. The predicted octanol–water partition coefficient (Wildman–Crippen LogP) is 3.32. The quantitative estimate of drug-likeness (QED) is 0.874. The molecule has 0 aromatic carbocycles. The van der Waals surface area contributed by atoms with Gasteiger partial charge >= 0.3 is 0 Å². The topological polar surface area (TPSA) is 48.7 Å². The number of nitrogens with zero attached hydrogens (tertiary/aromatic N) is 2. The molecule has 0 bridgehead atoms. The summed E-state index contributed by atoms with van der Waals surface area (Å²) < 4.78 is 4.21. The lowest BCUT2D eigenvalue weighted by molar-refractivity contribution is 0.362. The van der Waals surface area contributed by atoms with Crippen molar-refractivity contribution in [2.24, 2.45) is 5.41 Å². The SMILES string of the molecule is Cc1nsc(NCC2(C)CCCC2)c1C#N. The Morgan fingerprint density at radius 2 is 2.19 bits per heavy atom. The number of hydrogen-bond acceptors (Lipinski definition) is 4. The molecule has 3 nitrogen and oxygen atoms in total. The number of nitrogens with one attached hydrogen (secondary N) is 1. The van der Waals surface area contributed by atoms with Crippen molar-refractivity contribution in [2.75, 3.05) is 11.9 Å². The van der Waals surface area contributed by atoms with Gasteiger partial charge in [0.25, 0.3) is 0 Å². The van der Waals surface area contributed by atoms with Crippen LogP contribution in [-0.2, 0) is 0 Å². The van der Waals surface area contributed by atoms with E-state index in [0.29, 0.717) is 11.0 Å². The summed E-state index contributed by atoms with van der Waals surface area (Å²) in [6.45, 7) is 5.17. The third kappa shape index (κ3) is 2.19. The first-order valence-corrected chi connectivity index (χ1v) is 6.52. The normalized spacial score (nSPS) is 18.3. The molecule has 1 aliphatic rings.